The molecule has 2 atom stereocenters. The average molecular weight is 240 g/mol. The first-order valence-electron chi connectivity index (χ1n) is 5.35. The molecule has 0 aromatic heterocycles. The van der Waals surface area contributed by atoms with Crippen molar-refractivity contribution in [2.45, 2.75) is 19.1 Å². The van der Waals surface area contributed by atoms with Gasteiger partial charge < -0.3 is 21.3 Å². The standard InChI is InChI=1S/C10H15NO.C2H5NO2/c1-8(11-2)10(12)9-6-4-3-5-7-9;3-1-2(4)5/h3-8,10-12H,1-2H3;1,3H2,(H,4,5)/t8-,10+;/m0./s1. The number of carboxylic acid groups (broad SMARTS) is 1. The molecule has 5 nitrogen and oxygen atoms in total. The van der Waals surface area contributed by atoms with Crippen LogP contribution < -0.4 is 11.1 Å². The molecule has 0 fully saturated rings. The Labute approximate surface area is 101 Å². The summed E-state index contributed by atoms with van der Waals surface area (Å²) in [6, 6.07) is 9.76. The fourth-order valence-electron chi connectivity index (χ4n) is 1.10. The van der Waals surface area contributed by atoms with E-state index in [4.69, 9.17) is 5.11 Å². The van der Waals surface area contributed by atoms with E-state index in [1.807, 2.05) is 44.3 Å². The van der Waals surface area contributed by atoms with Crippen LogP contribution in [0.2, 0.25) is 0 Å². The third-order valence-electron chi connectivity index (χ3n) is 2.24. The minimum Gasteiger partial charge on any atom is -0.480 e. The fraction of sp³-hybridized carbons (Fsp3) is 0.417. The second kappa shape index (κ2) is 8.69. The zero-order valence-electron chi connectivity index (χ0n) is 10.1. The van der Waals surface area contributed by atoms with Crippen LogP contribution in [-0.4, -0.2) is 35.8 Å². The number of aliphatic hydroxyl groups is 1. The van der Waals surface area contributed by atoms with E-state index in [0.29, 0.717) is 0 Å². The quantitative estimate of drug-likeness (QED) is 0.609. The number of benzene rings is 1. The summed E-state index contributed by atoms with van der Waals surface area (Å²) in [4.78, 5) is 9.24. The summed E-state index contributed by atoms with van der Waals surface area (Å²) in [5.74, 6) is -0.968. The molecule has 0 heterocycles. The molecule has 0 amide bonds. The Kier molecular flexibility index (Phi) is 7.96. The van der Waals surface area contributed by atoms with Crippen LogP contribution in [0.25, 0.3) is 0 Å². The number of hydrogen-bond acceptors (Lipinski definition) is 4. The summed E-state index contributed by atoms with van der Waals surface area (Å²) in [7, 11) is 1.84. The highest BCUT2D eigenvalue weighted by Crippen LogP contribution is 2.15. The van der Waals surface area contributed by atoms with E-state index in [1.165, 1.54) is 0 Å². The van der Waals surface area contributed by atoms with Crippen LogP contribution in [0.5, 0.6) is 0 Å². The molecule has 0 unspecified atom stereocenters. The molecule has 0 saturated carbocycles. The lowest BCUT2D eigenvalue weighted by atomic mass is 10.0. The van der Waals surface area contributed by atoms with Crippen LogP contribution in [-0.2, 0) is 4.79 Å². The van der Waals surface area contributed by atoms with E-state index >= 15 is 0 Å². The largest absolute Gasteiger partial charge is 0.480 e. The van der Waals surface area contributed by atoms with Gasteiger partial charge in [-0.15, -0.1) is 0 Å². The number of nitrogens with one attached hydrogen (secondary N) is 1. The van der Waals surface area contributed by atoms with Crippen LogP contribution in [0.1, 0.15) is 18.6 Å². The molecule has 1 aromatic rings. The second-order valence-electron chi connectivity index (χ2n) is 3.53. The average Bonchev–Trinajstić information content (AvgIpc) is 2.38. The minimum atomic E-state index is -0.968. The van der Waals surface area contributed by atoms with Gasteiger partial charge in [-0.1, -0.05) is 30.3 Å². The molecule has 0 aliphatic carbocycles. The highest BCUT2D eigenvalue weighted by molar-refractivity contribution is 5.68. The Morgan fingerprint density at radius 2 is 1.88 bits per heavy atom. The predicted octanol–water partition coefficient (Wildman–Crippen LogP) is 0.358. The number of hydrogen-bond donors (Lipinski definition) is 4. The molecule has 1 rings (SSSR count). The van der Waals surface area contributed by atoms with Gasteiger partial charge in [0.05, 0.1) is 12.6 Å². The molecule has 0 radical (unpaired) electrons. The number of carboxylic acids is 1. The first-order valence-corrected chi connectivity index (χ1v) is 5.35. The molecule has 5 heteroatoms. The first-order chi connectivity index (χ1) is 8.02. The molecular formula is C12H20N2O3. The Morgan fingerprint density at radius 3 is 2.24 bits per heavy atom. The number of likely N-dealkylation sites (N-methyl/N-ethyl adjacent to an activating group) is 1. The molecule has 17 heavy (non-hydrogen) atoms. The molecule has 96 valence electrons. The Bertz CT molecular complexity index is 317. The normalized spacial score (nSPS) is 13.2. The van der Waals surface area contributed by atoms with Crippen molar-refractivity contribution in [1.29, 1.82) is 0 Å². The van der Waals surface area contributed by atoms with Crippen molar-refractivity contribution in [1.82, 2.24) is 5.32 Å². The van der Waals surface area contributed by atoms with Gasteiger partial charge in [-0.2, -0.15) is 0 Å². The van der Waals surface area contributed by atoms with E-state index in [0.717, 1.165) is 5.56 Å². The van der Waals surface area contributed by atoms with E-state index in [9.17, 15) is 9.90 Å². The number of rotatable bonds is 4. The van der Waals surface area contributed by atoms with Crippen LogP contribution in [0.4, 0.5) is 0 Å². The maximum absolute atomic E-state index is 9.73. The summed E-state index contributed by atoms with van der Waals surface area (Å²) < 4.78 is 0. The van der Waals surface area contributed by atoms with Gasteiger partial charge in [-0.25, -0.2) is 0 Å². The van der Waals surface area contributed by atoms with Crippen LogP contribution in [0.3, 0.4) is 0 Å². The van der Waals surface area contributed by atoms with Gasteiger partial charge in [0, 0.05) is 6.04 Å². The molecule has 5 N–H and O–H groups in total. The molecule has 0 spiro atoms. The number of nitrogens with two attached hydrogens (primary N) is 1. The number of carbonyl (C=O) groups is 1. The van der Waals surface area contributed by atoms with Crippen LogP contribution in [0, 0.1) is 0 Å². The van der Waals surface area contributed by atoms with E-state index < -0.39 is 12.1 Å². The van der Waals surface area contributed by atoms with Gasteiger partial charge in [0.2, 0.25) is 0 Å². The maximum Gasteiger partial charge on any atom is 0.317 e. The second-order valence-corrected chi connectivity index (χ2v) is 3.53. The van der Waals surface area contributed by atoms with Crippen molar-refractivity contribution in [3.8, 4) is 0 Å². The van der Waals surface area contributed by atoms with E-state index in [1.54, 1.807) is 0 Å². The predicted molar refractivity (Wildman–Crippen MR) is 66.6 cm³/mol. The van der Waals surface area contributed by atoms with Crippen molar-refractivity contribution in [2.75, 3.05) is 13.6 Å². The lowest BCUT2D eigenvalue weighted by Gasteiger charge is -2.17. The molecule has 0 aliphatic heterocycles. The monoisotopic (exact) mass is 240 g/mol. The van der Waals surface area contributed by atoms with Gasteiger partial charge in [-0.05, 0) is 19.5 Å². The Morgan fingerprint density at radius 1 is 1.41 bits per heavy atom. The van der Waals surface area contributed by atoms with Gasteiger partial charge in [0.15, 0.2) is 0 Å². The van der Waals surface area contributed by atoms with Gasteiger partial charge in [0.25, 0.3) is 0 Å². The Balaban J connectivity index is 0.000000437. The molecule has 1 aromatic carbocycles. The van der Waals surface area contributed by atoms with Crippen molar-refractivity contribution >= 4 is 5.97 Å². The van der Waals surface area contributed by atoms with Crippen LogP contribution in [0.15, 0.2) is 30.3 Å². The number of aliphatic hydroxyl groups excluding tert-OH is 1. The van der Waals surface area contributed by atoms with Gasteiger partial charge in [-0.3, -0.25) is 4.79 Å². The Hall–Kier alpha value is -1.43. The maximum atomic E-state index is 9.73. The van der Waals surface area contributed by atoms with Crippen LogP contribution >= 0.6 is 0 Å². The smallest absolute Gasteiger partial charge is 0.317 e. The van der Waals surface area contributed by atoms with Crippen molar-refractivity contribution in [2.24, 2.45) is 5.73 Å². The van der Waals surface area contributed by atoms with Gasteiger partial charge >= 0.3 is 5.97 Å². The molecule has 0 saturated heterocycles. The molecular weight excluding hydrogens is 220 g/mol. The third kappa shape index (κ3) is 6.68. The molecule has 0 aliphatic rings. The van der Waals surface area contributed by atoms with Crippen molar-refractivity contribution in [3.05, 3.63) is 35.9 Å². The first kappa shape index (κ1) is 15.6. The highest BCUT2D eigenvalue weighted by atomic mass is 16.4. The zero-order valence-corrected chi connectivity index (χ0v) is 10.1. The summed E-state index contributed by atoms with van der Waals surface area (Å²) >= 11 is 0. The summed E-state index contributed by atoms with van der Waals surface area (Å²) in [6.07, 6.45) is -0.420. The van der Waals surface area contributed by atoms with Crippen molar-refractivity contribution in [3.63, 3.8) is 0 Å². The topological polar surface area (TPSA) is 95.6 Å². The summed E-state index contributed by atoms with van der Waals surface area (Å²) in [6.45, 7) is 1.68. The van der Waals surface area contributed by atoms with E-state index in [2.05, 4.69) is 11.1 Å². The third-order valence-corrected chi connectivity index (χ3v) is 2.24. The minimum absolute atomic E-state index is 0.0902. The highest BCUT2D eigenvalue weighted by Gasteiger charge is 2.12. The fourth-order valence-corrected chi connectivity index (χ4v) is 1.10. The number of aliphatic carboxylic acids is 1. The zero-order chi connectivity index (χ0) is 13.3. The lowest BCUT2D eigenvalue weighted by Crippen LogP contribution is -2.28. The summed E-state index contributed by atoms with van der Waals surface area (Å²) in [5, 5.41) is 20.3. The molecule has 0 bridgehead atoms. The summed E-state index contributed by atoms with van der Waals surface area (Å²) in [5.41, 5.74) is 5.53. The van der Waals surface area contributed by atoms with Crippen molar-refractivity contribution < 1.29 is 15.0 Å². The van der Waals surface area contributed by atoms with Gasteiger partial charge in [0.1, 0.15) is 0 Å². The van der Waals surface area contributed by atoms with E-state index in [-0.39, 0.29) is 12.6 Å². The SMILES string of the molecule is CN[C@@H](C)[C@@H](O)c1ccccc1.NCC(=O)O. The lowest BCUT2D eigenvalue weighted by molar-refractivity contribution is -0.135.